The zero-order chi connectivity index (χ0) is 14.5. The molecule has 1 rings (SSSR count). The molecule has 4 heteroatoms. The minimum Gasteiger partial charge on any atom is -0.409 e. The molecule has 4 N–H and O–H groups in total. The smallest absolute Gasteiger partial charge is 0.170 e. The van der Waals surface area contributed by atoms with Gasteiger partial charge in [0.1, 0.15) is 0 Å². The van der Waals surface area contributed by atoms with E-state index in [9.17, 15) is 0 Å². The van der Waals surface area contributed by atoms with Gasteiger partial charge in [0.05, 0.1) is 0 Å². The monoisotopic (exact) mass is 263 g/mol. The fraction of sp³-hybridized carbons (Fsp3) is 0.533. The van der Waals surface area contributed by atoms with Crippen molar-refractivity contribution >= 4 is 5.84 Å². The van der Waals surface area contributed by atoms with Crippen molar-refractivity contribution in [3.8, 4) is 0 Å². The molecule has 0 aliphatic heterocycles. The Hall–Kier alpha value is -1.55. The van der Waals surface area contributed by atoms with E-state index in [4.69, 9.17) is 10.9 Å². The molecule has 4 nitrogen and oxygen atoms in total. The van der Waals surface area contributed by atoms with Crippen molar-refractivity contribution in [2.45, 2.75) is 40.7 Å². The van der Waals surface area contributed by atoms with E-state index in [-0.39, 0.29) is 5.84 Å². The molecule has 0 radical (unpaired) electrons. The van der Waals surface area contributed by atoms with Crippen molar-refractivity contribution in [1.82, 2.24) is 5.32 Å². The van der Waals surface area contributed by atoms with Crippen LogP contribution in [0.5, 0.6) is 0 Å². The Kier molecular flexibility index (Phi) is 5.36. The molecule has 106 valence electrons. The molecule has 0 amide bonds. The van der Waals surface area contributed by atoms with Crippen molar-refractivity contribution in [2.75, 3.05) is 6.54 Å². The number of benzene rings is 1. The Bertz CT molecular complexity index is 453. The van der Waals surface area contributed by atoms with Gasteiger partial charge < -0.3 is 16.3 Å². The molecule has 0 saturated heterocycles. The molecular weight excluding hydrogens is 238 g/mol. The number of nitrogens with one attached hydrogen (secondary N) is 1. The van der Waals surface area contributed by atoms with E-state index in [2.05, 4.69) is 31.2 Å². The fourth-order valence-electron chi connectivity index (χ4n) is 1.77. The lowest BCUT2D eigenvalue weighted by molar-refractivity contribution is 0.318. The third-order valence-electron chi connectivity index (χ3n) is 3.62. The molecule has 19 heavy (non-hydrogen) atoms. The van der Waals surface area contributed by atoms with Crippen LogP contribution in [0.4, 0.5) is 0 Å². The van der Waals surface area contributed by atoms with E-state index < -0.39 is 0 Å². The molecule has 0 aliphatic carbocycles. The number of nitrogens with two attached hydrogens (primary N) is 1. The highest BCUT2D eigenvalue weighted by Gasteiger charge is 2.14. The summed E-state index contributed by atoms with van der Waals surface area (Å²) >= 11 is 0. The van der Waals surface area contributed by atoms with Gasteiger partial charge in [-0.05, 0) is 36.0 Å². The van der Waals surface area contributed by atoms with E-state index in [0.717, 1.165) is 30.6 Å². The van der Waals surface area contributed by atoms with E-state index in [1.807, 2.05) is 25.1 Å². The third kappa shape index (κ3) is 4.56. The standard InChI is InChI=1S/C15H25N3O/c1-5-15(3,4)10-17-9-13-7-6-12(8-11(13)2)14(16)18-19/h6-8,17,19H,5,9-10H2,1-4H3,(H2,16,18). The SMILES string of the molecule is CCC(C)(C)CNCc1ccc(/C(N)=N/O)cc1C. The topological polar surface area (TPSA) is 70.6 Å². The van der Waals surface area contributed by atoms with Gasteiger partial charge in [-0.1, -0.05) is 38.1 Å². The van der Waals surface area contributed by atoms with Crippen LogP contribution in [0.3, 0.4) is 0 Å². The van der Waals surface area contributed by atoms with Crippen LogP contribution in [0.25, 0.3) is 0 Å². The Morgan fingerprint density at radius 1 is 1.42 bits per heavy atom. The first-order valence-electron chi connectivity index (χ1n) is 6.68. The molecule has 0 unspecified atom stereocenters. The average molecular weight is 263 g/mol. The van der Waals surface area contributed by atoms with Crippen LogP contribution in [-0.2, 0) is 6.54 Å². The molecule has 1 aromatic carbocycles. The van der Waals surface area contributed by atoms with Gasteiger partial charge in [0.25, 0.3) is 0 Å². The molecule has 0 spiro atoms. The van der Waals surface area contributed by atoms with Crippen molar-refractivity contribution in [3.05, 3.63) is 34.9 Å². The lowest BCUT2D eigenvalue weighted by Crippen LogP contribution is -2.28. The van der Waals surface area contributed by atoms with Gasteiger partial charge in [-0.25, -0.2) is 0 Å². The Morgan fingerprint density at radius 2 is 2.11 bits per heavy atom. The molecule has 0 saturated carbocycles. The number of amidine groups is 1. The maximum Gasteiger partial charge on any atom is 0.170 e. The fourth-order valence-corrected chi connectivity index (χ4v) is 1.77. The quantitative estimate of drug-likeness (QED) is 0.320. The van der Waals surface area contributed by atoms with Gasteiger partial charge in [-0.15, -0.1) is 0 Å². The van der Waals surface area contributed by atoms with Gasteiger partial charge >= 0.3 is 0 Å². The van der Waals surface area contributed by atoms with Gasteiger partial charge in [0.15, 0.2) is 5.84 Å². The van der Waals surface area contributed by atoms with Crippen LogP contribution in [0.15, 0.2) is 23.4 Å². The number of hydrogen-bond donors (Lipinski definition) is 3. The summed E-state index contributed by atoms with van der Waals surface area (Å²) in [6.45, 7) is 10.6. The van der Waals surface area contributed by atoms with E-state index >= 15 is 0 Å². The van der Waals surface area contributed by atoms with Crippen LogP contribution >= 0.6 is 0 Å². The molecule has 0 atom stereocenters. The zero-order valence-corrected chi connectivity index (χ0v) is 12.3. The van der Waals surface area contributed by atoms with Crippen LogP contribution in [0.2, 0.25) is 0 Å². The maximum atomic E-state index is 8.66. The van der Waals surface area contributed by atoms with Gasteiger partial charge in [-0.3, -0.25) is 0 Å². The van der Waals surface area contributed by atoms with Gasteiger partial charge in [-0.2, -0.15) is 0 Å². The Morgan fingerprint density at radius 3 is 2.63 bits per heavy atom. The van der Waals surface area contributed by atoms with Crippen molar-refractivity contribution in [3.63, 3.8) is 0 Å². The first-order chi connectivity index (χ1) is 8.89. The maximum absolute atomic E-state index is 8.66. The van der Waals surface area contributed by atoms with E-state index in [1.165, 1.54) is 5.56 Å². The molecule has 0 fully saturated rings. The van der Waals surface area contributed by atoms with Crippen molar-refractivity contribution in [1.29, 1.82) is 0 Å². The second-order valence-corrected chi connectivity index (χ2v) is 5.75. The Labute approximate surface area is 115 Å². The predicted octanol–water partition coefficient (Wildman–Crippen LogP) is 2.62. The van der Waals surface area contributed by atoms with Crippen molar-refractivity contribution < 1.29 is 5.21 Å². The number of aryl methyl sites for hydroxylation is 1. The minimum atomic E-state index is 0.148. The lowest BCUT2D eigenvalue weighted by atomic mass is 9.90. The Balaban J connectivity index is 2.66. The second kappa shape index (κ2) is 6.57. The summed E-state index contributed by atoms with van der Waals surface area (Å²) in [6.07, 6.45) is 1.15. The second-order valence-electron chi connectivity index (χ2n) is 5.75. The first-order valence-corrected chi connectivity index (χ1v) is 6.68. The highest BCUT2D eigenvalue weighted by Crippen LogP contribution is 2.18. The third-order valence-corrected chi connectivity index (χ3v) is 3.62. The van der Waals surface area contributed by atoms with E-state index in [0.29, 0.717) is 5.41 Å². The summed E-state index contributed by atoms with van der Waals surface area (Å²) in [4.78, 5) is 0. The molecule has 1 aromatic rings. The van der Waals surface area contributed by atoms with Crippen LogP contribution in [0, 0.1) is 12.3 Å². The number of rotatable bonds is 6. The molecular formula is C15H25N3O. The lowest BCUT2D eigenvalue weighted by Gasteiger charge is -2.23. The molecule has 0 aliphatic rings. The summed E-state index contributed by atoms with van der Waals surface area (Å²) in [6, 6.07) is 5.84. The summed E-state index contributed by atoms with van der Waals surface area (Å²) in [5, 5.41) is 15.2. The summed E-state index contributed by atoms with van der Waals surface area (Å²) < 4.78 is 0. The number of oxime groups is 1. The predicted molar refractivity (Wildman–Crippen MR) is 79.5 cm³/mol. The van der Waals surface area contributed by atoms with Crippen LogP contribution < -0.4 is 11.1 Å². The summed E-state index contributed by atoms with van der Waals surface area (Å²) in [5.41, 5.74) is 9.02. The number of nitrogens with zero attached hydrogens (tertiary/aromatic N) is 1. The molecule has 0 bridgehead atoms. The average Bonchev–Trinajstić information content (AvgIpc) is 2.39. The van der Waals surface area contributed by atoms with Crippen molar-refractivity contribution in [2.24, 2.45) is 16.3 Å². The van der Waals surface area contributed by atoms with Crippen LogP contribution in [0.1, 0.15) is 43.9 Å². The molecule has 0 aromatic heterocycles. The zero-order valence-electron chi connectivity index (χ0n) is 12.3. The van der Waals surface area contributed by atoms with Gasteiger partial charge in [0, 0.05) is 18.7 Å². The highest BCUT2D eigenvalue weighted by molar-refractivity contribution is 5.97. The van der Waals surface area contributed by atoms with Crippen LogP contribution in [-0.4, -0.2) is 17.6 Å². The minimum absolute atomic E-state index is 0.148. The van der Waals surface area contributed by atoms with E-state index in [1.54, 1.807) is 0 Å². The first kappa shape index (κ1) is 15.5. The number of hydrogen-bond acceptors (Lipinski definition) is 3. The largest absolute Gasteiger partial charge is 0.409 e. The summed E-state index contributed by atoms with van der Waals surface area (Å²) in [5.74, 6) is 0.148. The molecule has 0 heterocycles. The normalized spacial score (nSPS) is 12.7. The van der Waals surface area contributed by atoms with Gasteiger partial charge in [0.2, 0.25) is 0 Å². The highest BCUT2D eigenvalue weighted by atomic mass is 16.4. The summed E-state index contributed by atoms with van der Waals surface area (Å²) in [7, 11) is 0.